The minimum Gasteiger partial charge on any atom is -0.506 e. The Morgan fingerprint density at radius 1 is 1.08 bits per heavy atom. The number of H-pyrrole nitrogens is 2. The lowest BCUT2D eigenvalue weighted by atomic mass is 10.0. The summed E-state index contributed by atoms with van der Waals surface area (Å²) < 4.78 is 0.441. The number of fused-ring (bicyclic) bond motifs is 1. The molecule has 1 aromatic heterocycles. The Bertz CT molecular complexity index is 1120. The fourth-order valence-electron chi connectivity index (χ4n) is 2.23. The number of hydrogen-bond donors (Lipinski definition) is 4. The highest BCUT2D eigenvalue weighted by Crippen LogP contribution is 2.41. The molecule has 0 fully saturated rings. The molecule has 0 aliphatic heterocycles. The SMILES string of the molecule is O=C(c1ccc2[nH]c(=S)[nH]c(=O)c2c1)c1cc(Br)c(O)c(Br)c1O. The first kappa shape index (κ1) is 16.9. The highest BCUT2D eigenvalue weighted by Gasteiger charge is 2.21. The van der Waals surface area contributed by atoms with Crippen LogP contribution < -0.4 is 5.56 Å². The van der Waals surface area contributed by atoms with Crippen LogP contribution in [0.1, 0.15) is 15.9 Å². The van der Waals surface area contributed by atoms with Crippen LogP contribution in [0.5, 0.6) is 11.5 Å². The summed E-state index contributed by atoms with van der Waals surface area (Å²) in [5.74, 6) is -1.11. The zero-order valence-corrected chi connectivity index (χ0v) is 15.7. The van der Waals surface area contributed by atoms with Gasteiger partial charge in [0, 0.05) is 5.56 Å². The van der Waals surface area contributed by atoms with Crippen LogP contribution in [-0.4, -0.2) is 26.0 Å². The van der Waals surface area contributed by atoms with E-state index >= 15 is 0 Å². The van der Waals surface area contributed by atoms with E-state index in [4.69, 9.17) is 12.2 Å². The summed E-state index contributed by atoms with van der Waals surface area (Å²) in [6.07, 6.45) is 0. The summed E-state index contributed by atoms with van der Waals surface area (Å²) in [6, 6.07) is 5.80. The van der Waals surface area contributed by atoms with E-state index in [1.165, 1.54) is 18.2 Å². The molecule has 0 spiro atoms. The van der Waals surface area contributed by atoms with Gasteiger partial charge in [0.1, 0.15) is 16.0 Å². The highest BCUT2D eigenvalue weighted by atomic mass is 79.9. The summed E-state index contributed by atoms with van der Waals surface area (Å²) in [5, 5.41) is 20.1. The van der Waals surface area contributed by atoms with E-state index < -0.39 is 11.3 Å². The van der Waals surface area contributed by atoms with Crippen molar-refractivity contribution in [3.05, 3.63) is 59.5 Å². The molecule has 4 N–H and O–H groups in total. The van der Waals surface area contributed by atoms with Crippen molar-refractivity contribution in [3.8, 4) is 11.5 Å². The first-order valence-corrected chi connectivity index (χ1v) is 8.50. The second kappa shape index (κ2) is 6.15. The lowest BCUT2D eigenvalue weighted by Gasteiger charge is -2.09. The molecule has 2 aromatic carbocycles. The second-order valence-electron chi connectivity index (χ2n) is 4.91. The third kappa shape index (κ3) is 2.79. The number of aromatic nitrogens is 2. The third-order valence-electron chi connectivity index (χ3n) is 3.41. The van der Waals surface area contributed by atoms with Crippen LogP contribution in [-0.2, 0) is 0 Å². The number of halogens is 2. The van der Waals surface area contributed by atoms with Gasteiger partial charge < -0.3 is 15.2 Å². The van der Waals surface area contributed by atoms with E-state index in [0.717, 1.165) is 0 Å². The van der Waals surface area contributed by atoms with E-state index in [1.807, 2.05) is 0 Å². The Labute approximate surface area is 156 Å². The predicted molar refractivity (Wildman–Crippen MR) is 98.4 cm³/mol. The highest BCUT2D eigenvalue weighted by molar-refractivity contribution is 9.11. The Morgan fingerprint density at radius 3 is 2.50 bits per heavy atom. The van der Waals surface area contributed by atoms with E-state index in [2.05, 4.69) is 41.8 Å². The molecule has 0 atom stereocenters. The summed E-state index contributed by atoms with van der Waals surface area (Å²) >= 11 is 11.0. The van der Waals surface area contributed by atoms with Crippen LogP contribution in [0, 0.1) is 4.77 Å². The van der Waals surface area contributed by atoms with Crippen molar-refractivity contribution >= 4 is 60.8 Å². The van der Waals surface area contributed by atoms with Crippen molar-refractivity contribution in [2.24, 2.45) is 0 Å². The molecule has 122 valence electrons. The molecule has 0 radical (unpaired) electrons. The smallest absolute Gasteiger partial charge is 0.259 e. The molecule has 9 heteroatoms. The van der Waals surface area contributed by atoms with Gasteiger partial charge in [0.05, 0.1) is 20.9 Å². The molecule has 6 nitrogen and oxygen atoms in total. The molecule has 3 rings (SSSR count). The third-order valence-corrected chi connectivity index (χ3v) is 4.97. The van der Waals surface area contributed by atoms with Crippen molar-refractivity contribution in [1.29, 1.82) is 0 Å². The normalized spacial score (nSPS) is 10.9. The maximum Gasteiger partial charge on any atom is 0.259 e. The summed E-state index contributed by atoms with van der Waals surface area (Å²) in [5.41, 5.74) is 0.266. The number of phenolic OH excluding ortho intramolecular Hbond substituents is 2. The van der Waals surface area contributed by atoms with Crippen LogP contribution in [0.2, 0.25) is 0 Å². The minimum atomic E-state index is -0.502. The van der Waals surface area contributed by atoms with Gasteiger partial charge in [-0.1, -0.05) is 0 Å². The van der Waals surface area contributed by atoms with Crippen molar-refractivity contribution in [1.82, 2.24) is 9.97 Å². The zero-order valence-electron chi connectivity index (χ0n) is 11.7. The maximum absolute atomic E-state index is 12.7. The molecule has 0 bridgehead atoms. The van der Waals surface area contributed by atoms with Crippen molar-refractivity contribution in [3.63, 3.8) is 0 Å². The quantitative estimate of drug-likeness (QED) is 0.336. The van der Waals surface area contributed by atoms with Crippen LogP contribution in [0.4, 0.5) is 0 Å². The largest absolute Gasteiger partial charge is 0.506 e. The number of aromatic hydroxyl groups is 2. The lowest BCUT2D eigenvalue weighted by molar-refractivity contribution is 0.103. The number of hydrogen-bond acceptors (Lipinski definition) is 5. The van der Waals surface area contributed by atoms with Gasteiger partial charge in [-0.15, -0.1) is 0 Å². The number of rotatable bonds is 2. The molecule has 0 saturated heterocycles. The van der Waals surface area contributed by atoms with Gasteiger partial charge >= 0.3 is 0 Å². The van der Waals surface area contributed by atoms with Gasteiger partial charge in [0.25, 0.3) is 5.56 Å². The predicted octanol–water partition coefficient (Wildman–Crippen LogP) is 3.75. The molecule has 0 aliphatic carbocycles. The number of carbonyl (C=O) groups is 1. The Morgan fingerprint density at radius 2 is 1.79 bits per heavy atom. The number of carbonyl (C=O) groups excluding carboxylic acids is 1. The summed E-state index contributed by atoms with van der Waals surface area (Å²) in [6.45, 7) is 0. The second-order valence-corrected chi connectivity index (χ2v) is 6.97. The molecule has 3 aromatic rings. The van der Waals surface area contributed by atoms with E-state index in [9.17, 15) is 19.8 Å². The maximum atomic E-state index is 12.7. The fourth-order valence-corrected chi connectivity index (χ4v) is 3.56. The number of ketones is 1. The Balaban J connectivity index is 2.20. The average molecular weight is 472 g/mol. The summed E-state index contributed by atoms with van der Waals surface area (Å²) in [4.78, 5) is 29.9. The fraction of sp³-hybridized carbons (Fsp3) is 0. The first-order valence-electron chi connectivity index (χ1n) is 6.50. The van der Waals surface area contributed by atoms with Gasteiger partial charge in [-0.3, -0.25) is 14.6 Å². The first-order chi connectivity index (χ1) is 11.3. The van der Waals surface area contributed by atoms with Crippen molar-refractivity contribution in [2.45, 2.75) is 0 Å². The van der Waals surface area contributed by atoms with E-state index in [-0.39, 0.29) is 41.7 Å². The van der Waals surface area contributed by atoms with Gasteiger partial charge in [-0.2, -0.15) is 0 Å². The van der Waals surface area contributed by atoms with Crippen LogP contribution in [0.3, 0.4) is 0 Å². The van der Waals surface area contributed by atoms with Gasteiger partial charge in [0.15, 0.2) is 10.6 Å². The van der Waals surface area contributed by atoms with Crippen molar-refractivity contribution in [2.75, 3.05) is 0 Å². The van der Waals surface area contributed by atoms with Crippen LogP contribution in [0.25, 0.3) is 10.9 Å². The topological polar surface area (TPSA) is 106 Å². The van der Waals surface area contributed by atoms with Crippen molar-refractivity contribution < 1.29 is 15.0 Å². The molecule has 0 amide bonds. The molecule has 1 heterocycles. The van der Waals surface area contributed by atoms with Gasteiger partial charge in [-0.25, -0.2) is 0 Å². The molecular weight excluding hydrogens is 464 g/mol. The lowest BCUT2D eigenvalue weighted by Crippen LogP contribution is -2.10. The number of benzene rings is 2. The van der Waals surface area contributed by atoms with Gasteiger partial charge in [0.2, 0.25) is 0 Å². The molecular formula is C15H8Br2N2O4S. The van der Waals surface area contributed by atoms with Crippen LogP contribution >= 0.6 is 44.1 Å². The Hall–Kier alpha value is -1.97. The van der Waals surface area contributed by atoms with Crippen LogP contribution in [0.15, 0.2) is 38.0 Å². The number of nitrogens with one attached hydrogen (secondary N) is 2. The standard InChI is InChI=1S/C15H8Br2N2O4S/c16-8-4-7(12(21)10(17)13(8)22)11(20)5-1-2-9-6(3-5)14(23)19-15(24)18-9/h1-4,21-22H,(H2,18,19,23,24). The molecule has 0 unspecified atom stereocenters. The van der Waals surface area contributed by atoms with E-state index in [1.54, 1.807) is 6.07 Å². The minimum absolute atomic E-state index is 0.00273. The average Bonchev–Trinajstić information content (AvgIpc) is 2.55. The summed E-state index contributed by atoms with van der Waals surface area (Å²) in [7, 11) is 0. The number of aromatic amines is 2. The molecule has 24 heavy (non-hydrogen) atoms. The Kier molecular flexibility index (Phi) is 4.33. The van der Waals surface area contributed by atoms with Gasteiger partial charge in [-0.05, 0) is 68.3 Å². The zero-order chi connectivity index (χ0) is 17.6. The number of phenols is 2. The monoisotopic (exact) mass is 470 g/mol. The molecule has 0 aliphatic rings. The van der Waals surface area contributed by atoms with E-state index in [0.29, 0.717) is 5.52 Å². The molecule has 0 saturated carbocycles.